The smallest absolute Gasteiger partial charge is 0.290 e. The lowest BCUT2D eigenvalue weighted by molar-refractivity contribution is 0.255. The highest BCUT2D eigenvalue weighted by molar-refractivity contribution is 9.09. The van der Waals surface area contributed by atoms with E-state index in [1.54, 1.807) is 26.4 Å². The maximum Gasteiger partial charge on any atom is 0.290 e. The number of aryl methyl sites for hydroxylation is 1. The molecule has 3 aromatic carbocycles. The third-order valence-corrected chi connectivity index (χ3v) is 5.46. The maximum atomic E-state index is 12.7. The number of benzene rings is 3. The van der Waals surface area contributed by atoms with Crippen molar-refractivity contribution in [3.05, 3.63) is 82.1 Å². The molecule has 0 aliphatic heterocycles. The Hall–Kier alpha value is -3.39. The summed E-state index contributed by atoms with van der Waals surface area (Å²) < 4.78 is 29.6. The van der Waals surface area contributed by atoms with Gasteiger partial charge in [0, 0.05) is 17.5 Å². The van der Waals surface area contributed by atoms with Gasteiger partial charge in [0.25, 0.3) is 5.56 Å². The molecule has 33 heavy (non-hydrogen) atoms. The van der Waals surface area contributed by atoms with E-state index >= 15 is 0 Å². The molecule has 0 saturated carbocycles. The second kappa shape index (κ2) is 10.5. The van der Waals surface area contributed by atoms with Crippen molar-refractivity contribution in [2.24, 2.45) is 0 Å². The van der Waals surface area contributed by atoms with Crippen molar-refractivity contribution >= 4 is 26.9 Å². The van der Waals surface area contributed by atoms with E-state index in [0.29, 0.717) is 47.6 Å². The first-order chi connectivity index (χ1) is 16.1. The molecule has 172 valence electrons. The van der Waals surface area contributed by atoms with Gasteiger partial charge in [-0.2, -0.15) is 4.74 Å². The molecule has 8 heteroatoms. The van der Waals surface area contributed by atoms with Crippen molar-refractivity contribution in [1.82, 2.24) is 4.74 Å². The van der Waals surface area contributed by atoms with E-state index in [0.717, 1.165) is 22.6 Å². The second-order valence-electron chi connectivity index (χ2n) is 7.26. The van der Waals surface area contributed by atoms with Crippen LogP contribution in [0, 0.1) is 0 Å². The van der Waals surface area contributed by atoms with Crippen LogP contribution in [0.2, 0.25) is 0 Å². The van der Waals surface area contributed by atoms with Gasteiger partial charge >= 0.3 is 0 Å². The summed E-state index contributed by atoms with van der Waals surface area (Å²) in [4.78, 5) is 12.7. The van der Waals surface area contributed by atoms with Crippen LogP contribution in [0.25, 0.3) is 11.0 Å². The van der Waals surface area contributed by atoms with Gasteiger partial charge in [0.1, 0.15) is 24.7 Å². The molecule has 0 aliphatic rings. The summed E-state index contributed by atoms with van der Waals surface area (Å²) in [5.74, 6) is 2.51. The molecule has 0 atom stereocenters. The molecule has 0 unspecified atom stereocenters. The Morgan fingerprint density at radius 3 is 1.82 bits per heavy atom. The zero-order valence-electron chi connectivity index (χ0n) is 18.4. The Kier molecular flexibility index (Phi) is 7.24. The van der Waals surface area contributed by atoms with Gasteiger partial charge in [-0.3, -0.25) is 4.79 Å². The minimum Gasteiger partial charge on any atom is -0.497 e. The van der Waals surface area contributed by atoms with Crippen LogP contribution in [0.4, 0.5) is 0 Å². The van der Waals surface area contributed by atoms with Crippen LogP contribution in [0.5, 0.6) is 23.0 Å². The van der Waals surface area contributed by atoms with E-state index in [-0.39, 0.29) is 5.56 Å². The topological polar surface area (TPSA) is 72.1 Å². The third-order valence-electron chi connectivity index (χ3n) is 5.11. The van der Waals surface area contributed by atoms with Gasteiger partial charge in [-0.25, -0.2) is 0 Å². The predicted molar refractivity (Wildman–Crippen MR) is 129 cm³/mol. The average Bonchev–Trinajstić information content (AvgIpc) is 3.16. The van der Waals surface area contributed by atoms with E-state index in [1.807, 2.05) is 48.5 Å². The number of fused-ring (bicyclic) bond motifs is 1. The molecule has 0 bridgehead atoms. The number of alkyl halides is 1. The fraction of sp³-hybridized carbons (Fsp3) is 0.240. The third kappa shape index (κ3) is 5.34. The Morgan fingerprint density at radius 1 is 0.818 bits per heavy atom. The fourth-order valence-electron chi connectivity index (χ4n) is 3.29. The maximum absolute atomic E-state index is 12.7. The van der Waals surface area contributed by atoms with E-state index in [2.05, 4.69) is 15.9 Å². The lowest BCUT2D eigenvalue weighted by Crippen LogP contribution is -2.14. The van der Waals surface area contributed by atoms with Crippen LogP contribution in [0.1, 0.15) is 11.1 Å². The predicted octanol–water partition coefficient (Wildman–Crippen LogP) is 5.16. The lowest BCUT2D eigenvalue weighted by Gasteiger charge is -2.13. The molecule has 7 nitrogen and oxygen atoms in total. The number of hydrogen-bond acceptors (Lipinski definition) is 6. The number of ether oxygens (including phenoxy) is 4. The molecule has 0 amide bonds. The highest BCUT2D eigenvalue weighted by Crippen LogP contribution is 2.33. The summed E-state index contributed by atoms with van der Waals surface area (Å²) in [6.45, 7) is 1.06. The Labute approximate surface area is 199 Å². The molecular weight excluding hydrogens is 490 g/mol. The molecule has 0 saturated heterocycles. The molecule has 4 rings (SSSR count). The molecule has 0 spiro atoms. The van der Waals surface area contributed by atoms with Crippen molar-refractivity contribution < 1.29 is 23.5 Å². The van der Waals surface area contributed by atoms with Crippen molar-refractivity contribution in [2.45, 2.75) is 19.8 Å². The van der Waals surface area contributed by atoms with Gasteiger partial charge in [0.15, 0.2) is 17.1 Å². The molecule has 1 aromatic heterocycles. The summed E-state index contributed by atoms with van der Waals surface area (Å²) in [7, 11) is 3.25. The molecule has 0 aliphatic carbocycles. The Balaban J connectivity index is 1.61. The lowest BCUT2D eigenvalue weighted by atomic mass is 10.2. The normalized spacial score (nSPS) is 10.9. The van der Waals surface area contributed by atoms with E-state index in [1.165, 1.54) is 4.74 Å². The van der Waals surface area contributed by atoms with Crippen LogP contribution in [-0.4, -0.2) is 24.3 Å². The van der Waals surface area contributed by atoms with E-state index in [4.69, 9.17) is 23.5 Å². The van der Waals surface area contributed by atoms with Crippen molar-refractivity contribution in [3.8, 4) is 23.0 Å². The number of nitrogens with zero attached hydrogens (tertiary/aromatic N) is 1. The molecule has 1 heterocycles. The zero-order valence-corrected chi connectivity index (χ0v) is 20.0. The van der Waals surface area contributed by atoms with Gasteiger partial charge in [0.05, 0.1) is 26.2 Å². The van der Waals surface area contributed by atoms with Crippen molar-refractivity contribution in [2.75, 3.05) is 19.5 Å². The summed E-state index contributed by atoms with van der Waals surface area (Å²) in [5.41, 5.74) is 2.17. The second-order valence-corrected chi connectivity index (χ2v) is 8.05. The quantitative estimate of drug-likeness (QED) is 0.272. The summed E-state index contributed by atoms with van der Waals surface area (Å²) >= 11 is 3.34. The minimum absolute atomic E-state index is 0.208. The van der Waals surface area contributed by atoms with E-state index < -0.39 is 0 Å². The molecule has 0 N–H and O–H groups in total. The minimum atomic E-state index is -0.208. The number of halogens is 1. The van der Waals surface area contributed by atoms with E-state index in [9.17, 15) is 4.79 Å². The Bertz CT molecular complexity index is 1260. The van der Waals surface area contributed by atoms with Crippen LogP contribution in [0.3, 0.4) is 0 Å². The number of hydrogen-bond donors (Lipinski definition) is 0. The molecular formula is C25H24BrNO6. The van der Waals surface area contributed by atoms with Crippen molar-refractivity contribution in [3.63, 3.8) is 0 Å². The largest absolute Gasteiger partial charge is 0.497 e. The Morgan fingerprint density at radius 2 is 1.33 bits per heavy atom. The van der Waals surface area contributed by atoms with Crippen molar-refractivity contribution in [1.29, 1.82) is 0 Å². The first-order valence-electron chi connectivity index (χ1n) is 10.4. The number of rotatable bonds is 10. The van der Waals surface area contributed by atoms with Gasteiger partial charge in [-0.1, -0.05) is 40.2 Å². The van der Waals surface area contributed by atoms with Gasteiger partial charge in [-0.15, -0.1) is 0 Å². The highest BCUT2D eigenvalue weighted by Gasteiger charge is 2.16. The average molecular weight is 514 g/mol. The molecule has 0 radical (unpaired) electrons. The van der Waals surface area contributed by atoms with Gasteiger partial charge in [0.2, 0.25) is 0 Å². The number of methoxy groups -OCH3 is 2. The van der Waals surface area contributed by atoms with Crippen LogP contribution in [-0.2, 0) is 19.8 Å². The SMILES string of the molecule is COc1ccc(COc2cc3on(CCBr)c(=O)c3cc2OCc2ccc(OC)cc2)cc1. The first kappa shape index (κ1) is 22.8. The molecule has 0 fully saturated rings. The summed E-state index contributed by atoms with van der Waals surface area (Å²) in [6.07, 6.45) is 0. The van der Waals surface area contributed by atoms with Gasteiger partial charge < -0.3 is 23.5 Å². The van der Waals surface area contributed by atoms with Crippen LogP contribution < -0.4 is 24.5 Å². The van der Waals surface area contributed by atoms with Crippen LogP contribution >= 0.6 is 15.9 Å². The van der Waals surface area contributed by atoms with Crippen LogP contribution in [0.15, 0.2) is 70.0 Å². The zero-order chi connectivity index (χ0) is 23.2. The fourth-order valence-corrected chi connectivity index (χ4v) is 3.62. The van der Waals surface area contributed by atoms with Gasteiger partial charge in [-0.05, 0) is 35.4 Å². The summed E-state index contributed by atoms with van der Waals surface area (Å²) in [5, 5.41) is 1.05. The standard InChI is InChI=1S/C25H24BrNO6/c1-29-19-7-3-17(4-8-19)15-31-23-13-21-22(33-27(12-11-26)25(21)28)14-24(23)32-16-18-5-9-20(30-2)10-6-18/h3-10,13-14H,11-12,15-16H2,1-2H3. The summed E-state index contributed by atoms with van der Waals surface area (Å²) in [6, 6.07) is 18.6. The first-order valence-corrected chi connectivity index (χ1v) is 11.5. The highest BCUT2D eigenvalue weighted by atomic mass is 79.9. The number of aromatic nitrogens is 1. The molecule has 4 aromatic rings. The monoisotopic (exact) mass is 513 g/mol.